The van der Waals surface area contributed by atoms with E-state index >= 15 is 0 Å². The quantitative estimate of drug-likeness (QED) is 0.480. The van der Waals surface area contributed by atoms with Crippen molar-refractivity contribution in [2.24, 2.45) is 0 Å². The molecule has 7 heteroatoms. The number of benzene rings is 2. The minimum absolute atomic E-state index is 0.382. The first-order chi connectivity index (χ1) is 13.0. The normalized spacial score (nSPS) is 11.3. The van der Waals surface area contributed by atoms with Gasteiger partial charge in [0.1, 0.15) is 0 Å². The van der Waals surface area contributed by atoms with Crippen molar-refractivity contribution >= 4 is 23.9 Å². The van der Waals surface area contributed by atoms with Gasteiger partial charge in [-0.25, -0.2) is 4.79 Å². The van der Waals surface area contributed by atoms with Crippen LogP contribution in [0.25, 0.3) is 6.08 Å². The van der Waals surface area contributed by atoms with Crippen molar-refractivity contribution in [3.05, 3.63) is 77.4 Å². The lowest BCUT2D eigenvalue weighted by molar-refractivity contribution is -0.150. The van der Waals surface area contributed by atoms with Crippen molar-refractivity contribution in [1.29, 1.82) is 5.26 Å². The van der Waals surface area contributed by atoms with Crippen LogP contribution < -0.4 is 10.9 Å². The molecule has 2 aromatic rings. The van der Waals surface area contributed by atoms with Gasteiger partial charge in [0, 0.05) is 11.6 Å². The van der Waals surface area contributed by atoms with Crippen LogP contribution in [-0.2, 0) is 14.3 Å². The van der Waals surface area contributed by atoms with Crippen LogP contribution in [0.3, 0.4) is 0 Å². The Hall–Kier alpha value is -3.92. The molecule has 0 aliphatic heterocycles. The van der Waals surface area contributed by atoms with Gasteiger partial charge in [0.05, 0.1) is 11.6 Å². The highest BCUT2D eigenvalue weighted by atomic mass is 16.5. The Morgan fingerprint density at radius 2 is 1.70 bits per heavy atom. The molecule has 2 N–H and O–H groups in total. The van der Waals surface area contributed by atoms with Gasteiger partial charge in [0.25, 0.3) is 11.8 Å². The van der Waals surface area contributed by atoms with Crippen LogP contribution >= 0.6 is 0 Å². The minimum atomic E-state index is -1.10. The Labute approximate surface area is 156 Å². The number of ether oxygens (including phenoxy) is 1. The molecule has 0 heterocycles. The Morgan fingerprint density at radius 3 is 2.33 bits per heavy atom. The molecule has 2 amide bonds. The maximum Gasteiger partial charge on any atom is 0.331 e. The molecule has 0 spiro atoms. The topological polar surface area (TPSA) is 108 Å². The second kappa shape index (κ2) is 9.53. The molecule has 1 atom stereocenters. The van der Waals surface area contributed by atoms with E-state index in [1.54, 1.807) is 54.6 Å². The molecule has 2 rings (SSSR count). The molecule has 0 radical (unpaired) electrons. The lowest BCUT2D eigenvalue weighted by Gasteiger charge is -2.13. The lowest BCUT2D eigenvalue weighted by atomic mass is 10.1. The maximum absolute atomic E-state index is 11.9. The molecule has 7 nitrogen and oxygen atoms in total. The van der Waals surface area contributed by atoms with Crippen LogP contribution in [0.4, 0.5) is 0 Å². The predicted octanol–water partition coefficient (Wildman–Crippen LogP) is 1.96. The SMILES string of the molecule is C[C@H](OC(=O)/C=C/c1ccc(C#N)cc1)C(=O)NNC(=O)c1ccccc1. The van der Waals surface area contributed by atoms with Gasteiger partial charge in [-0.15, -0.1) is 0 Å². The van der Waals surface area contributed by atoms with E-state index in [1.807, 2.05) is 6.07 Å². The van der Waals surface area contributed by atoms with Gasteiger partial charge >= 0.3 is 5.97 Å². The van der Waals surface area contributed by atoms with E-state index in [2.05, 4.69) is 10.9 Å². The first-order valence-electron chi connectivity index (χ1n) is 8.03. The summed E-state index contributed by atoms with van der Waals surface area (Å²) in [5.41, 5.74) is 6.05. The first kappa shape index (κ1) is 19.4. The summed E-state index contributed by atoms with van der Waals surface area (Å²) < 4.78 is 4.98. The van der Waals surface area contributed by atoms with Gasteiger partial charge in [-0.2, -0.15) is 5.26 Å². The third kappa shape index (κ3) is 6.14. The number of nitrogens with zero attached hydrogens (tertiary/aromatic N) is 1. The number of carbonyl (C=O) groups excluding carboxylic acids is 3. The van der Waals surface area contributed by atoms with Gasteiger partial charge < -0.3 is 4.74 Å². The van der Waals surface area contributed by atoms with Crippen molar-refractivity contribution in [1.82, 2.24) is 10.9 Å². The standard InChI is InChI=1S/C20H17N3O4/c1-14(19(25)22-23-20(26)17-5-3-2-4-6-17)27-18(24)12-11-15-7-9-16(13-21)10-8-15/h2-12,14H,1H3,(H,22,25)(H,23,26)/b12-11+/t14-/m0/s1. The number of esters is 1. The van der Waals surface area contributed by atoms with E-state index in [4.69, 9.17) is 10.00 Å². The minimum Gasteiger partial charge on any atom is -0.449 e. The molecule has 2 aromatic carbocycles. The molecular formula is C20H17N3O4. The summed E-state index contributed by atoms with van der Waals surface area (Å²) in [6.07, 6.45) is 1.58. The van der Waals surface area contributed by atoms with E-state index in [9.17, 15) is 14.4 Å². The highest BCUT2D eigenvalue weighted by molar-refractivity contribution is 5.96. The van der Waals surface area contributed by atoms with Crippen LogP contribution in [0.5, 0.6) is 0 Å². The first-order valence-corrected chi connectivity index (χ1v) is 8.03. The Bertz CT molecular complexity index is 884. The molecule has 0 fully saturated rings. The number of hydrogen-bond acceptors (Lipinski definition) is 5. The van der Waals surface area contributed by atoms with E-state index in [0.717, 1.165) is 0 Å². The zero-order valence-electron chi connectivity index (χ0n) is 14.5. The van der Waals surface area contributed by atoms with Crippen molar-refractivity contribution in [3.8, 4) is 6.07 Å². The van der Waals surface area contributed by atoms with E-state index in [0.29, 0.717) is 16.7 Å². The van der Waals surface area contributed by atoms with E-state index in [1.165, 1.54) is 19.1 Å². The molecule has 0 aromatic heterocycles. The Kier molecular flexibility index (Phi) is 6.85. The lowest BCUT2D eigenvalue weighted by Crippen LogP contribution is -2.46. The van der Waals surface area contributed by atoms with E-state index in [-0.39, 0.29) is 0 Å². The third-order valence-corrected chi connectivity index (χ3v) is 3.45. The summed E-state index contributed by atoms with van der Waals surface area (Å²) in [5.74, 6) is -1.86. The van der Waals surface area contributed by atoms with Gasteiger partial charge in [0.2, 0.25) is 0 Å². The molecule has 0 aliphatic rings. The number of hydrogen-bond donors (Lipinski definition) is 2. The van der Waals surface area contributed by atoms with Crippen LogP contribution in [0.2, 0.25) is 0 Å². The predicted molar refractivity (Wildman–Crippen MR) is 97.8 cm³/mol. The summed E-state index contributed by atoms with van der Waals surface area (Å²) in [6.45, 7) is 1.39. The highest BCUT2D eigenvalue weighted by Gasteiger charge is 2.17. The zero-order chi connectivity index (χ0) is 19.6. The highest BCUT2D eigenvalue weighted by Crippen LogP contribution is 2.06. The van der Waals surface area contributed by atoms with Crippen LogP contribution in [0.15, 0.2) is 60.7 Å². The third-order valence-electron chi connectivity index (χ3n) is 3.45. The molecular weight excluding hydrogens is 346 g/mol. The molecule has 0 aliphatic carbocycles. The second-order valence-corrected chi connectivity index (χ2v) is 5.46. The number of nitriles is 1. The average Bonchev–Trinajstić information content (AvgIpc) is 2.71. The fourth-order valence-electron chi connectivity index (χ4n) is 1.98. The maximum atomic E-state index is 11.9. The summed E-state index contributed by atoms with van der Waals surface area (Å²) in [7, 11) is 0. The zero-order valence-corrected chi connectivity index (χ0v) is 14.5. The second-order valence-electron chi connectivity index (χ2n) is 5.46. The van der Waals surface area contributed by atoms with Crippen molar-refractivity contribution in [2.75, 3.05) is 0 Å². The molecule has 0 unspecified atom stereocenters. The van der Waals surface area contributed by atoms with Crippen LogP contribution in [0.1, 0.15) is 28.4 Å². The smallest absolute Gasteiger partial charge is 0.331 e. The van der Waals surface area contributed by atoms with Gasteiger partial charge in [0.15, 0.2) is 6.10 Å². The molecule has 27 heavy (non-hydrogen) atoms. The number of rotatable bonds is 5. The molecule has 0 bridgehead atoms. The van der Waals surface area contributed by atoms with Crippen molar-refractivity contribution in [3.63, 3.8) is 0 Å². The van der Waals surface area contributed by atoms with E-state index < -0.39 is 23.9 Å². The fourth-order valence-corrected chi connectivity index (χ4v) is 1.98. The number of amides is 2. The van der Waals surface area contributed by atoms with Crippen molar-refractivity contribution < 1.29 is 19.1 Å². The Balaban J connectivity index is 1.80. The molecule has 0 saturated carbocycles. The monoisotopic (exact) mass is 363 g/mol. The number of hydrazine groups is 1. The van der Waals surface area contributed by atoms with Crippen molar-refractivity contribution in [2.45, 2.75) is 13.0 Å². The summed E-state index contributed by atoms with van der Waals surface area (Å²) in [6, 6.07) is 16.9. The molecule has 0 saturated heterocycles. The Morgan fingerprint density at radius 1 is 1.04 bits per heavy atom. The fraction of sp³-hybridized carbons (Fsp3) is 0.100. The average molecular weight is 363 g/mol. The summed E-state index contributed by atoms with van der Waals surface area (Å²) in [5, 5.41) is 8.73. The largest absolute Gasteiger partial charge is 0.449 e. The summed E-state index contributed by atoms with van der Waals surface area (Å²) in [4.78, 5) is 35.5. The van der Waals surface area contributed by atoms with Crippen LogP contribution in [-0.4, -0.2) is 23.9 Å². The number of carbonyl (C=O) groups is 3. The van der Waals surface area contributed by atoms with Gasteiger partial charge in [-0.05, 0) is 42.8 Å². The molecule has 136 valence electrons. The summed E-state index contributed by atoms with van der Waals surface area (Å²) >= 11 is 0. The number of nitrogens with one attached hydrogen (secondary N) is 2. The van der Waals surface area contributed by atoms with Crippen LogP contribution in [0, 0.1) is 11.3 Å². The van der Waals surface area contributed by atoms with Gasteiger partial charge in [-0.1, -0.05) is 30.3 Å². The van der Waals surface area contributed by atoms with Gasteiger partial charge in [-0.3, -0.25) is 20.4 Å².